The third-order valence-electron chi connectivity index (χ3n) is 6.52. The standard InChI is InChI=1S/C25H27N3O6S/c1-15-7-9-28(10-8-15)35(29,30)20-5-6-22-21(14-20)16(2)23(33-22)25-26-24(27-34-25)17-11-18(31-3)13-19(12-17)32-4/h5-6,11-15H,7-10H2,1-4H3. The van der Waals surface area contributed by atoms with Gasteiger partial charge in [0.05, 0.1) is 19.1 Å². The van der Waals surface area contributed by atoms with Gasteiger partial charge in [0.15, 0.2) is 5.76 Å². The van der Waals surface area contributed by atoms with Crippen molar-refractivity contribution < 1.29 is 26.8 Å². The van der Waals surface area contributed by atoms with Gasteiger partial charge in [-0.2, -0.15) is 9.29 Å². The molecule has 1 aliphatic rings. The van der Waals surface area contributed by atoms with Crippen LogP contribution in [-0.4, -0.2) is 50.2 Å². The van der Waals surface area contributed by atoms with Crippen LogP contribution in [0.2, 0.25) is 0 Å². The van der Waals surface area contributed by atoms with E-state index in [2.05, 4.69) is 17.1 Å². The van der Waals surface area contributed by atoms with Gasteiger partial charge in [0.1, 0.15) is 17.1 Å². The van der Waals surface area contributed by atoms with Crippen molar-refractivity contribution in [2.45, 2.75) is 31.6 Å². The van der Waals surface area contributed by atoms with Crippen LogP contribution in [0.15, 0.2) is 50.2 Å². The maximum absolute atomic E-state index is 13.2. The number of benzene rings is 2. The van der Waals surface area contributed by atoms with Gasteiger partial charge in [0, 0.05) is 35.7 Å². The first-order valence-electron chi connectivity index (χ1n) is 11.4. The van der Waals surface area contributed by atoms with Crippen LogP contribution in [0, 0.1) is 12.8 Å². The number of furan rings is 1. The summed E-state index contributed by atoms with van der Waals surface area (Å²) >= 11 is 0. The molecule has 0 spiro atoms. The van der Waals surface area contributed by atoms with Crippen LogP contribution in [0.25, 0.3) is 34.0 Å². The molecule has 0 radical (unpaired) electrons. The van der Waals surface area contributed by atoms with Gasteiger partial charge >= 0.3 is 0 Å². The lowest BCUT2D eigenvalue weighted by atomic mass is 10.0. The number of sulfonamides is 1. The van der Waals surface area contributed by atoms with Crippen LogP contribution in [0.1, 0.15) is 25.3 Å². The monoisotopic (exact) mass is 497 g/mol. The zero-order valence-electron chi connectivity index (χ0n) is 20.1. The average Bonchev–Trinajstić information content (AvgIpc) is 3.48. The quantitative estimate of drug-likeness (QED) is 0.370. The summed E-state index contributed by atoms with van der Waals surface area (Å²) in [6.45, 7) is 5.08. The van der Waals surface area contributed by atoms with Crippen LogP contribution in [0.5, 0.6) is 11.5 Å². The van der Waals surface area contributed by atoms with Crippen LogP contribution >= 0.6 is 0 Å². The SMILES string of the molecule is COc1cc(OC)cc(-c2noc(-c3oc4ccc(S(=O)(=O)N5CCC(C)CC5)cc4c3C)n2)c1. The van der Waals surface area contributed by atoms with Gasteiger partial charge in [-0.25, -0.2) is 8.42 Å². The van der Waals surface area contributed by atoms with E-state index in [1.165, 1.54) is 0 Å². The lowest BCUT2D eigenvalue weighted by molar-refractivity contribution is 0.288. The number of hydrogen-bond donors (Lipinski definition) is 0. The number of hydrogen-bond acceptors (Lipinski definition) is 8. The lowest BCUT2D eigenvalue weighted by Gasteiger charge is -2.29. The fraction of sp³-hybridized carbons (Fsp3) is 0.360. The van der Waals surface area contributed by atoms with Gasteiger partial charge in [-0.15, -0.1) is 0 Å². The van der Waals surface area contributed by atoms with E-state index in [1.807, 2.05) is 6.92 Å². The van der Waals surface area contributed by atoms with Crippen molar-refractivity contribution >= 4 is 21.0 Å². The number of aromatic nitrogens is 2. The predicted octanol–water partition coefficient (Wildman–Crippen LogP) is 4.90. The fourth-order valence-electron chi connectivity index (χ4n) is 4.31. The van der Waals surface area contributed by atoms with Crippen LogP contribution < -0.4 is 9.47 Å². The number of piperidine rings is 1. The molecule has 0 atom stereocenters. The molecule has 1 fully saturated rings. The predicted molar refractivity (Wildman–Crippen MR) is 130 cm³/mol. The van der Waals surface area contributed by atoms with Gasteiger partial charge in [-0.3, -0.25) is 0 Å². The Kier molecular flexibility index (Phi) is 6.02. The van der Waals surface area contributed by atoms with E-state index in [9.17, 15) is 8.42 Å². The Morgan fingerprint density at radius 1 is 1.03 bits per heavy atom. The number of aryl methyl sites for hydroxylation is 1. The normalized spacial score (nSPS) is 15.5. The number of ether oxygens (including phenoxy) is 2. The Hall–Kier alpha value is -3.37. The van der Waals surface area contributed by atoms with Crippen molar-refractivity contribution in [2.24, 2.45) is 5.92 Å². The summed E-state index contributed by atoms with van der Waals surface area (Å²) in [5, 5.41) is 4.78. The molecule has 9 nitrogen and oxygen atoms in total. The minimum absolute atomic E-state index is 0.199. The highest BCUT2D eigenvalue weighted by Crippen LogP contribution is 2.36. The van der Waals surface area contributed by atoms with Crippen molar-refractivity contribution in [1.29, 1.82) is 0 Å². The molecular formula is C25H27N3O6S. The summed E-state index contributed by atoms with van der Waals surface area (Å²) in [6, 6.07) is 10.2. The molecule has 10 heteroatoms. The average molecular weight is 498 g/mol. The Balaban J connectivity index is 1.49. The van der Waals surface area contributed by atoms with E-state index in [-0.39, 0.29) is 10.8 Å². The number of nitrogens with zero attached hydrogens (tertiary/aromatic N) is 3. The molecule has 1 aliphatic heterocycles. The summed E-state index contributed by atoms with van der Waals surface area (Å²) in [4.78, 5) is 4.75. The molecule has 0 N–H and O–H groups in total. The highest BCUT2D eigenvalue weighted by Gasteiger charge is 2.29. The fourth-order valence-corrected chi connectivity index (χ4v) is 5.80. The Bertz CT molecular complexity index is 1460. The van der Waals surface area contributed by atoms with Crippen molar-refractivity contribution in [3.63, 3.8) is 0 Å². The second-order valence-corrected chi connectivity index (χ2v) is 10.8. The molecule has 2 aromatic carbocycles. The topological polar surface area (TPSA) is 108 Å². The van der Waals surface area contributed by atoms with Crippen molar-refractivity contribution in [3.05, 3.63) is 42.0 Å². The highest BCUT2D eigenvalue weighted by atomic mass is 32.2. The van der Waals surface area contributed by atoms with Crippen LogP contribution in [0.4, 0.5) is 0 Å². The third-order valence-corrected chi connectivity index (χ3v) is 8.41. The van der Waals surface area contributed by atoms with Gasteiger partial charge in [-0.1, -0.05) is 12.1 Å². The zero-order chi connectivity index (χ0) is 24.7. The lowest BCUT2D eigenvalue weighted by Crippen LogP contribution is -2.37. The Morgan fingerprint density at radius 2 is 1.71 bits per heavy atom. The minimum atomic E-state index is -3.58. The van der Waals surface area contributed by atoms with E-state index in [0.29, 0.717) is 58.6 Å². The first kappa shape index (κ1) is 23.4. The molecule has 1 saturated heterocycles. The highest BCUT2D eigenvalue weighted by molar-refractivity contribution is 7.89. The first-order valence-corrected chi connectivity index (χ1v) is 12.8. The summed E-state index contributed by atoms with van der Waals surface area (Å²) in [7, 11) is -0.442. The number of methoxy groups -OCH3 is 2. The van der Waals surface area contributed by atoms with E-state index in [0.717, 1.165) is 18.4 Å². The third kappa shape index (κ3) is 4.28. The molecule has 0 aliphatic carbocycles. The van der Waals surface area contributed by atoms with E-state index >= 15 is 0 Å². The van der Waals surface area contributed by atoms with E-state index in [4.69, 9.17) is 18.4 Å². The summed E-state index contributed by atoms with van der Waals surface area (Å²) in [5.41, 5.74) is 1.93. The zero-order valence-corrected chi connectivity index (χ0v) is 20.9. The summed E-state index contributed by atoms with van der Waals surface area (Å²) in [5.74, 6) is 2.68. The van der Waals surface area contributed by atoms with Crippen LogP contribution in [0.3, 0.4) is 0 Å². The van der Waals surface area contributed by atoms with Gasteiger partial charge in [0.2, 0.25) is 15.8 Å². The Morgan fingerprint density at radius 3 is 2.37 bits per heavy atom. The molecule has 0 saturated carbocycles. The Labute approximate surface area is 203 Å². The molecule has 35 heavy (non-hydrogen) atoms. The van der Waals surface area contributed by atoms with Gasteiger partial charge < -0.3 is 18.4 Å². The maximum Gasteiger partial charge on any atom is 0.294 e. The second-order valence-electron chi connectivity index (χ2n) is 8.83. The maximum atomic E-state index is 13.2. The minimum Gasteiger partial charge on any atom is -0.497 e. The molecule has 5 rings (SSSR count). The molecule has 2 aromatic heterocycles. The van der Waals surface area contributed by atoms with E-state index in [1.54, 1.807) is 54.9 Å². The van der Waals surface area contributed by atoms with E-state index < -0.39 is 10.0 Å². The second kappa shape index (κ2) is 9.01. The molecule has 0 unspecified atom stereocenters. The molecular weight excluding hydrogens is 470 g/mol. The van der Waals surface area contributed by atoms with Crippen LogP contribution in [-0.2, 0) is 10.0 Å². The molecule has 0 bridgehead atoms. The van der Waals surface area contributed by atoms with Crippen molar-refractivity contribution in [1.82, 2.24) is 14.4 Å². The molecule has 184 valence electrons. The molecule has 0 amide bonds. The van der Waals surface area contributed by atoms with Gasteiger partial charge in [0.25, 0.3) is 5.89 Å². The van der Waals surface area contributed by atoms with Crippen molar-refractivity contribution in [2.75, 3.05) is 27.3 Å². The largest absolute Gasteiger partial charge is 0.497 e. The first-order chi connectivity index (χ1) is 16.8. The van der Waals surface area contributed by atoms with Gasteiger partial charge in [-0.05, 0) is 56.0 Å². The number of fused-ring (bicyclic) bond motifs is 1. The molecule has 4 aromatic rings. The molecule has 3 heterocycles. The summed E-state index contributed by atoms with van der Waals surface area (Å²) in [6.07, 6.45) is 1.74. The van der Waals surface area contributed by atoms with Crippen molar-refractivity contribution in [3.8, 4) is 34.5 Å². The number of rotatable bonds is 6. The summed E-state index contributed by atoms with van der Waals surface area (Å²) < 4.78 is 50.2. The smallest absolute Gasteiger partial charge is 0.294 e.